The molecule has 0 aromatic heterocycles. The number of amides is 1. The fraction of sp³-hybridized carbons (Fsp3) is 0.409. The molecule has 1 atom stereocenters. The maximum Gasteiger partial charge on any atom is 0.255 e. The molecule has 26 heavy (non-hydrogen) atoms. The second-order valence-electron chi connectivity index (χ2n) is 7.27. The SMILES string of the molecule is COCc1cccc(C(=O)Nc2ccc(CN3CCC[C@H](C)C3)cc2)c1. The number of methoxy groups -OCH3 is 1. The standard InChI is InChI=1S/C22H28N2O2/c1-17-5-4-12-24(14-17)15-18-8-10-21(11-9-18)23-22(25)20-7-3-6-19(13-20)16-26-2/h3,6-11,13,17H,4-5,12,14-16H2,1-2H3,(H,23,25)/t17-/m0/s1. The number of benzene rings is 2. The van der Waals surface area contributed by atoms with Gasteiger partial charge in [0.05, 0.1) is 6.61 Å². The molecule has 138 valence electrons. The summed E-state index contributed by atoms with van der Waals surface area (Å²) in [6, 6.07) is 15.7. The molecule has 1 saturated heterocycles. The number of ether oxygens (including phenoxy) is 1. The van der Waals surface area contributed by atoms with Crippen LogP contribution < -0.4 is 5.32 Å². The molecular formula is C22H28N2O2. The molecule has 0 unspecified atom stereocenters. The predicted molar refractivity (Wildman–Crippen MR) is 105 cm³/mol. The van der Waals surface area contributed by atoms with Crippen LogP contribution >= 0.6 is 0 Å². The molecule has 0 aliphatic carbocycles. The minimum absolute atomic E-state index is 0.0967. The van der Waals surface area contributed by atoms with Gasteiger partial charge < -0.3 is 10.1 Å². The maximum absolute atomic E-state index is 12.4. The van der Waals surface area contributed by atoms with Gasteiger partial charge >= 0.3 is 0 Å². The zero-order valence-corrected chi connectivity index (χ0v) is 15.7. The molecule has 1 aliphatic rings. The highest BCUT2D eigenvalue weighted by Crippen LogP contribution is 2.19. The van der Waals surface area contributed by atoms with Gasteiger partial charge in [-0.25, -0.2) is 0 Å². The summed E-state index contributed by atoms with van der Waals surface area (Å²) in [5.74, 6) is 0.691. The summed E-state index contributed by atoms with van der Waals surface area (Å²) in [5, 5.41) is 2.97. The van der Waals surface area contributed by atoms with Gasteiger partial charge in [0.25, 0.3) is 5.91 Å². The summed E-state index contributed by atoms with van der Waals surface area (Å²) >= 11 is 0. The molecule has 1 heterocycles. The quantitative estimate of drug-likeness (QED) is 0.842. The van der Waals surface area contributed by atoms with Gasteiger partial charge in [-0.15, -0.1) is 0 Å². The zero-order valence-electron chi connectivity index (χ0n) is 15.7. The first-order chi connectivity index (χ1) is 12.6. The molecule has 3 rings (SSSR count). The van der Waals surface area contributed by atoms with Gasteiger partial charge in [0.15, 0.2) is 0 Å². The third-order valence-corrected chi connectivity index (χ3v) is 4.86. The van der Waals surface area contributed by atoms with E-state index in [2.05, 4.69) is 29.3 Å². The lowest BCUT2D eigenvalue weighted by Crippen LogP contribution is -2.33. The van der Waals surface area contributed by atoms with Gasteiger partial charge in [0.2, 0.25) is 0 Å². The van der Waals surface area contributed by atoms with E-state index in [1.54, 1.807) is 7.11 Å². The Kier molecular flexibility index (Phi) is 6.42. The molecule has 0 saturated carbocycles. The first-order valence-electron chi connectivity index (χ1n) is 9.34. The molecular weight excluding hydrogens is 324 g/mol. The first kappa shape index (κ1) is 18.6. The van der Waals surface area contributed by atoms with Gasteiger partial charge in [-0.05, 0) is 60.7 Å². The largest absolute Gasteiger partial charge is 0.380 e. The van der Waals surface area contributed by atoms with Crippen LogP contribution in [0.4, 0.5) is 5.69 Å². The topological polar surface area (TPSA) is 41.6 Å². The Bertz CT molecular complexity index is 727. The van der Waals surface area contributed by atoms with E-state index >= 15 is 0 Å². The van der Waals surface area contributed by atoms with Crippen molar-refractivity contribution in [3.8, 4) is 0 Å². The highest BCUT2D eigenvalue weighted by atomic mass is 16.5. The molecule has 4 heteroatoms. The number of hydrogen-bond donors (Lipinski definition) is 1. The maximum atomic E-state index is 12.4. The molecule has 0 radical (unpaired) electrons. The number of carbonyl (C=O) groups excluding carboxylic acids is 1. The van der Waals surface area contributed by atoms with Crippen molar-refractivity contribution in [1.29, 1.82) is 0 Å². The molecule has 2 aromatic carbocycles. The first-order valence-corrected chi connectivity index (χ1v) is 9.34. The molecule has 2 aromatic rings. The fourth-order valence-corrected chi connectivity index (χ4v) is 3.55. The van der Waals surface area contributed by atoms with E-state index in [1.807, 2.05) is 36.4 Å². The van der Waals surface area contributed by atoms with Crippen LogP contribution in [0, 0.1) is 5.92 Å². The van der Waals surface area contributed by atoms with Crippen LogP contribution in [0.3, 0.4) is 0 Å². The van der Waals surface area contributed by atoms with Gasteiger partial charge in [-0.2, -0.15) is 0 Å². The van der Waals surface area contributed by atoms with Crippen molar-refractivity contribution in [1.82, 2.24) is 4.90 Å². The zero-order chi connectivity index (χ0) is 18.4. The molecule has 1 aliphatic heterocycles. The predicted octanol–water partition coefficient (Wildman–Crippen LogP) is 4.32. The Morgan fingerprint density at radius 3 is 2.73 bits per heavy atom. The van der Waals surface area contributed by atoms with Crippen molar-refractivity contribution >= 4 is 11.6 Å². The van der Waals surface area contributed by atoms with E-state index in [1.165, 1.54) is 31.5 Å². The summed E-state index contributed by atoms with van der Waals surface area (Å²) in [5.41, 5.74) is 3.75. The smallest absolute Gasteiger partial charge is 0.255 e. The van der Waals surface area contributed by atoms with Crippen molar-refractivity contribution in [2.24, 2.45) is 5.92 Å². The molecule has 1 N–H and O–H groups in total. The van der Waals surface area contributed by atoms with Crippen LogP contribution in [0.15, 0.2) is 48.5 Å². The molecule has 4 nitrogen and oxygen atoms in total. The van der Waals surface area contributed by atoms with Crippen molar-refractivity contribution < 1.29 is 9.53 Å². The van der Waals surface area contributed by atoms with E-state index in [4.69, 9.17) is 4.74 Å². The van der Waals surface area contributed by atoms with E-state index in [9.17, 15) is 4.79 Å². The lowest BCUT2D eigenvalue weighted by Gasteiger charge is -2.30. The molecule has 1 amide bonds. The number of anilines is 1. The lowest BCUT2D eigenvalue weighted by atomic mass is 10.00. The number of rotatable bonds is 6. The molecule has 0 bridgehead atoms. The van der Waals surface area contributed by atoms with Crippen molar-refractivity contribution in [3.05, 3.63) is 65.2 Å². The third kappa shape index (κ3) is 5.16. The Hall–Kier alpha value is -2.17. The highest BCUT2D eigenvalue weighted by Gasteiger charge is 2.16. The lowest BCUT2D eigenvalue weighted by molar-refractivity contribution is 0.102. The average Bonchev–Trinajstić information content (AvgIpc) is 2.64. The van der Waals surface area contributed by atoms with Crippen LogP contribution in [0.2, 0.25) is 0 Å². The van der Waals surface area contributed by atoms with Gasteiger partial charge in [-0.1, -0.05) is 31.2 Å². The second kappa shape index (κ2) is 8.97. The Morgan fingerprint density at radius 1 is 1.19 bits per heavy atom. The van der Waals surface area contributed by atoms with E-state index in [0.717, 1.165) is 23.7 Å². The Morgan fingerprint density at radius 2 is 2.00 bits per heavy atom. The summed E-state index contributed by atoms with van der Waals surface area (Å²) in [4.78, 5) is 15.0. The number of nitrogens with one attached hydrogen (secondary N) is 1. The van der Waals surface area contributed by atoms with Crippen LogP contribution in [0.5, 0.6) is 0 Å². The monoisotopic (exact) mass is 352 g/mol. The minimum atomic E-state index is -0.0967. The number of carbonyl (C=O) groups is 1. The number of likely N-dealkylation sites (tertiary alicyclic amines) is 1. The summed E-state index contributed by atoms with van der Waals surface area (Å²) in [6.07, 6.45) is 2.63. The highest BCUT2D eigenvalue weighted by molar-refractivity contribution is 6.04. The van der Waals surface area contributed by atoms with Crippen LogP contribution in [0.25, 0.3) is 0 Å². The van der Waals surface area contributed by atoms with Crippen LogP contribution in [0.1, 0.15) is 41.3 Å². The third-order valence-electron chi connectivity index (χ3n) is 4.86. The molecule has 0 spiro atoms. The van der Waals surface area contributed by atoms with Crippen LogP contribution in [-0.4, -0.2) is 31.0 Å². The van der Waals surface area contributed by atoms with E-state index in [-0.39, 0.29) is 5.91 Å². The summed E-state index contributed by atoms with van der Waals surface area (Å²) < 4.78 is 5.13. The minimum Gasteiger partial charge on any atom is -0.380 e. The van der Waals surface area contributed by atoms with E-state index in [0.29, 0.717) is 12.2 Å². The van der Waals surface area contributed by atoms with Gasteiger partial charge in [0.1, 0.15) is 0 Å². The van der Waals surface area contributed by atoms with Crippen molar-refractivity contribution in [2.45, 2.75) is 32.9 Å². The van der Waals surface area contributed by atoms with Gasteiger partial charge in [0, 0.05) is 31.5 Å². The average molecular weight is 352 g/mol. The fourth-order valence-electron chi connectivity index (χ4n) is 3.55. The molecule has 1 fully saturated rings. The van der Waals surface area contributed by atoms with Gasteiger partial charge in [-0.3, -0.25) is 9.69 Å². The van der Waals surface area contributed by atoms with Crippen molar-refractivity contribution in [3.63, 3.8) is 0 Å². The van der Waals surface area contributed by atoms with E-state index < -0.39 is 0 Å². The Labute approximate surface area is 156 Å². The number of hydrogen-bond acceptors (Lipinski definition) is 3. The Balaban J connectivity index is 1.58. The summed E-state index contributed by atoms with van der Waals surface area (Å²) in [6.45, 7) is 6.17. The number of nitrogens with zero attached hydrogens (tertiary/aromatic N) is 1. The van der Waals surface area contributed by atoms with Crippen LogP contribution in [-0.2, 0) is 17.9 Å². The normalized spacial score (nSPS) is 17.8. The number of piperidine rings is 1. The van der Waals surface area contributed by atoms with Crippen molar-refractivity contribution in [2.75, 3.05) is 25.5 Å². The summed E-state index contributed by atoms with van der Waals surface area (Å²) in [7, 11) is 1.65. The second-order valence-corrected chi connectivity index (χ2v) is 7.27.